The molecule has 0 saturated carbocycles. The molecule has 0 aliphatic rings. The number of nitrogens with zero attached hydrogens (tertiary/aromatic N) is 1. The van der Waals surface area contributed by atoms with E-state index in [4.69, 9.17) is 4.74 Å². The lowest BCUT2D eigenvalue weighted by Crippen LogP contribution is -2.27. The minimum atomic E-state index is -0.723. The van der Waals surface area contributed by atoms with Crippen LogP contribution in [0.2, 0.25) is 0 Å². The minimum Gasteiger partial charge on any atom is -0.444 e. The Hall–Kier alpha value is -2.96. The van der Waals surface area contributed by atoms with Crippen molar-refractivity contribution in [2.24, 2.45) is 0 Å². The first-order valence-electron chi connectivity index (χ1n) is 7.26. The predicted molar refractivity (Wildman–Crippen MR) is 88.4 cm³/mol. The molecule has 0 aliphatic heterocycles. The molecule has 0 atom stereocenters. The zero-order chi connectivity index (χ0) is 17.7. The number of halogens is 1. The van der Waals surface area contributed by atoms with Crippen molar-refractivity contribution in [3.05, 3.63) is 54.1 Å². The monoisotopic (exact) mass is 331 g/mol. The predicted octanol–water partition coefficient (Wildman–Crippen LogP) is 3.82. The van der Waals surface area contributed by atoms with E-state index in [1.807, 2.05) is 0 Å². The smallest absolute Gasteiger partial charge is 0.412 e. The van der Waals surface area contributed by atoms with Crippen molar-refractivity contribution >= 4 is 23.4 Å². The van der Waals surface area contributed by atoms with Crippen LogP contribution in [0, 0.1) is 5.95 Å². The molecule has 2 rings (SSSR count). The molecular formula is C17H18FN3O3. The van der Waals surface area contributed by atoms with Gasteiger partial charge in [-0.05, 0) is 51.1 Å². The van der Waals surface area contributed by atoms with Gasteiger partial charge in [-0.15, -0.1) is 0 Å². The van der Waals surface area contributed by atoms with Crippen LogP contribution in [-0.2, 0) is 4.74 Å². The van der Waals surface area contributed by atoms with Gasteiger partial charge in [-0.1, -0.05) is 0 Å². The molecule has 0 unspecified atom stereocenters. The lowest BCUT2D eigenvalue weighted by molar-refractivity contribution is 0.0635. The van der Waals surface area contributed by atoms with Crippen molar-refractivity contribution in [3.63, 3.8) is 0 Å². The number of anilines is 2. The molecule has 1 aromatic carbocycles. The van der Waals surface area contributed by atoms with Crippen LogP contribution >= 0.6 is 0 Å². The number of carbonyl (C=O) groups excluding carboxylic acids is 2. The zero-order valence-corrected chi connectivity index (χ0v) is 13.6. The Morgan fingerprint density at radius 1 is 1.04 bits per heavy atom. The number of hydrogen-bond acceptors (Lipinski definition) is 4. The van der Waals surface area contributed by atoms with E-state index in [0.29, 0.717) is 11.4 Å². The van der Waals surface area contributed by atoms with Crippen molar-refractivity contribution < 1.29 is 18.7 Å². The van der Waals surface area contributed by atoms with Gasteiger partial charge in [0.15, 0.2) is 0 Å². The number of ether oxygens (including phenoxy) is 1. The van der Waals surface area contributed by atoms with E-state index in [1.165, 1.54) is 12.3 Å². The van der Waals surface area contributed by atoms with E-state index >= 15 is 0 Å². The van der Waals surface area contributed by atoms with Gasteiger partial charge in [0, 0.05) is 29.2 Å². The van der Waals surface area contributed by atoms with Crippen molar-refractivity contribution in [1.82, 2.24) is 4.98 Å². The van der Waals surface area contributed by atoms with E-state index in [-0.39, 0.29) is 5.56 Å². The summed E-state index contributed by atoms with van der Waals surface area (Å²) in [5.41, 5.74) is 0.611. The molecule has 0 saturated heterocycles. The number of nitrogens with one attached hydrogen (secondary N) is 2. The molecule has 0 fully saturated rings. The van der Waals surface area contributed by atoms with Crippen molar-refractivity contribution in [3.8, 4) is 0 Å². The van der Waals surface area contributed by atoms with Gasteiger partial charge >= 0.3 is 6.09 Å². The highest BCUT2D eigenvalue weighted by Crippen LogP contribution is 2.16. The molecule has 0 bridgehead atoms. The zero-order valence-electron chi connectivity index (χ0n) is 13.6. The maximum atomic E-state index is 13.0. The van der Waals surface area contributed by atoms with E-state index < -0.39 is 23.5 Å². The van der Waals surface area contributed by atoms with E-state index in [9.17, 15) is 14.0 Å². The number of aromatic nitrogens is 1. The summed E-state index contributed by atoms with van der Waals surface area (Å²) in [5, 5.41) is 5.21. The molecule has 2 amide bonds. The topological polar surface area (TPSA) is 80.3 Å². The highest BCUT2D eigenvalue weighted by Gasteiger charge is 2.16. The normalized spacial score (nSPS) is 10.8. The van der Waals surface area contributed by atoms with Gasteiger partial charge in [0.05, 0.1) is 0 Å². The second kappa shape index (κ2) is 7.08. The molecule has 2 aromatic rings. The first kappa shape index (κ1) is 17.4. The van der Waals surface area contributed by atoms with Crippen LogP contribution < -0.4 is 10.6 Å². The second-order valence-electron chi connectivity index (χ2n) is 6.03. The van der Waals surface area contributed by atoms with Gasteiger partial charge in [0.25, 0.3) is 5.91 Å². The van der Waals surface area contributed by atoms with Gasteiger partial charge in [-0.2, -0.15) is 4.39 Å². The fraction of sp³-hybridized carbons (Fsp3) is 0.235. The molecule has 24 heavy (non-hydrogen) atoms. The van der Waals surface area contributed by atoms with Crippen LogP contribution in [-0.4, -0.2) is 22.6 Å². The van der Waals surface area contributed by atoms with Gasteiger partial charge in [0.1, 0.15) is 5.60 Å². The minimum absolute atomic E-state index is 0.165. The van der Waals surface area contributed by atoms with Crippen LogP contribution in [0.1, 0.15) is 31.1 Å². The fourth-order valence-corrected chi connectivity index (χ4v) is 1.81. The summed E-state index contributed by atoms with van der Waals surface area (Å²) >= 11 is 0. The molecule has 1 heterocycles. The van der Waals surface area contributed by atoms with Gasteiger partial charge in [-0.25, -0.2) is 9.78 Å². The lowest BCUT2D eigenvalue weighted by Gasteiger charge is -2.19. The first-order valence-corrected chi connectivity index (χ1v) is 7.26. The largest absolute Gasteiger partial charge is 0.444 e. The Labute approximate surface area is 139 Å². The Kier molecular flexibility index (Phi) is 5.13. The Bertz CT molecular complexity index is 739. The van der Waals surface area contributed by atoms with Crippen molar-refractivity contribution in [1.29, 1.82) is 0 Å². The third kappa shape index (κ3) is 5.35. The van der Waals surface area contributed by atoms with Crippen molar-refractivity contribution in [2.45, 2.75) is 26.4 Å². The number of benzene rings is 1. The second-order valence-corrected chi connectivity index (χ2v) is 6.03. The lowest BCUT2D eigenvalue weighted by atomic mass is 10.2. The number of rotatable bonds is 3. The van der Waals surface area contributed by atoms with E-state index in [0.717, 1.165) is 6.07 Å². The van der Waals surface area contributed by atoms with Crippen LogP contribution in [0.5, 0.6) is 0 Å². The molecule has 7 heteroatoms. The highest BCUT2D eigenvalue weighted by molar-refractivity contribution is 6.04. The summed E-state index contributed by atoms with van der Waals surface area (Å²) in [6, 6.07) is 8.92. The summed E-state index contributed by atoms with van der Waals surface area (Å²) in [4.78, 5) is 27.0. The SMILES string of the molecule is CC(C)(C)OC(=O)Nc1ccc(NC(=O)c2ccnc(F)c2)cc1. The molecule has 0 spiro atoms. The van der Waals surface area contributed by atoms with Crippen LogP contribution in [0.15, 0.2) is 42.6 Å². The van der Waals surface area contributed by atoms with Gasteiger partial charge < -0.3 is 10.1 Å². The van der Waals surface area contributed by atoms with Crippen LogP contribution in [0.25, 0.3) is 0 Å². The van der Waals surface area contributed by atoms with Gasteiger partial charge in [-0.3, -0.25) is 10.1 Å². The van der Waals surface area contributed by atoms with E-state index in [2.05, 4.69) is 15.6 Å². The molecular weight excluding hydrogens is 313 g/mol. The maximum Gasteiger partial charge on any atom is 0.412 e. The van der Waals surface area contributed by atoms with Crippen molar-refractivity contribution in [2.75, 3.05) is 10.6 Å². The third-order valence-corrected chi connectivity index (χ3v) is 2.78. The van der Waals surface area contributed by atoms with Gasteiger partial charge in [0.2, 0.25) is 5.95 Å². The Balaban J connectivity index is 1.97. The summed E-state index contributed by atoms with van der Waals surface area (Å²) in [6.07, 6.45) is 0.657. The molecule has 0 radical (unpaired) electrons. The number of amides is 2. The molecule has 126 valence electrons. The first-order chi connectivity index (χ1) is 11.2. The number of carbonyl (C=O) groups is 2. The summed E-state index contributed by atoms with van der Waals surface area (Å²) < 4.78 is 18.2. The third-order valence-electron chi connectivity index (χ3n) is 2.78. The standard InChI is InChI=1S/C17H18FN3O3/c1-17(2,3)24-16(23)21-13-6-4-12(5-7-13)20-15(22)11-8-9-19-14(18)10-11/h4-10H,1-3H3,(H,20,22)(H,21,23). The quantitative estimate of drug-likeness (QED) is 0.838. The summed E-state index contributed by atoms with van der Waals surface area (Å²) in [7, 11) is 0. The average Bonchev–Trinajstić information content (AvgIpc) is 2.47. The van der Waals surface area contributed by atoms with E-state index in [1.54, 1.807) is 45.0 Å². The highest BCUT2D eigenvalue weighted by atomic mass is 19.1. The molecule has 0 aliphatic carbocycles. The number of pyridine rings is 1. The Morgan fingerprint density at radius 2 is 1.62 bits per heavy atom. The summed E-state index contributed by atoms with van der Waals surface area (Å²) in [6.45, 7) is 5.31. The number of hydrogen-bond donors (Lipinski definition) is 2. The van der Waals surface area contributed by atoms with Crippen LogP contribution in [0.3, 0.4) is 0 Å². The summed E-state index contributed by atoms with van der Waals surface area (Å²) in [5.74, 6) is -1.18. The average molecular weight is 331 g/mol. The Morgan fingerprint density at radius 3 is 2.17 bits per heavy atom. The molecule has 2 N–H and O–H groups in total. The van der Waals surface area contributed by atoms with Crippen LogP contribution in [0.4, 0.5) is 20.6 Å². The molecule has 1 aromatic heterocycles. The fourth-order valence-electron chi connectivity index (χ4n) is 1.81. The maximum absolute atomic E-state index is 13.0. The molecule has 6 nitrogen and oxygen atoms in total.